The zero-order chi connectivity index (χ0) is 23.8. The van der Waals surface area contributed by atoms with E-state index in [1.807, 2.05) is 0 Å². The fourth-order valence-electron chi connectivity index (χ4n) is 4.58. The molecule has 1 aromatic carbocycles. The van der Waals surface area contributed by atoms with Gasteiger partial charge in [0.2, 0.25) is 0 Å². The third-order valence-electron chi connectivity index (χ3n) is 6.25. The van der Waals surface area contributed by atoms with Crippen molar-refractivity contribution in [3.8, 4) is 11.1 Å². The number of sulfone groups is 1. The van der Waals surface area contributed by atoms with E-state index in [9.17, 15) is 18.3 Å². The third kappa shape index (κ3) is 4.83. The van der Waals surface area contributed by atoms with Crippen LogP contribution in [0.4, 0.5) is 5.69 Å². The van der Waals surface area contributed by atoms with Crippen LogP contribution >= 0.6 is 0 Å². The molecule has 0 spiro atoms. The molecule has 0 radical (unpaired) electrons. The topological polar surface area (TPSA) is 146 Å². The Kier molecular flexibility index (Phi) is 6.60. The number of hydrogen-bond donors (Lipinski definition) is 4. The summed E-state index contributed by atoms with van der Waals surface area (Å²) in [7, 11) is -3.67. The van der Waals surface area contributed by atoms with E-state index in [0.29, 0.717) is 33.5 Å². The molecule has 33 heavy (non-hydrogen) atoms. The lowest BCUT2D eigenvalue weighted by atomic mass is 10.0. The van der Waals surface area contributed by atoms with E-state index in [-0.39, 0.29) is 28.8 Å². The Hall–Kier alpha value is -2.69. The Morgan fingerprint density at radius 3 is 2.61 bits per heavy atom. The molecule has 1 saturated carbocycles. The minimum absolute atomic E-state index is 0.0492. The molecule has 4 rings (SSSR count). The van der Waals surface area contributed by atoms with E-state index in [4.69, 9.17) is 9.63 Å². The summed E-state index contributed by atoms with van der Waals surface area (Å²) in [6, 6.07) is 4.85. The van der Waals surface area contributed by atoms with Crippen LogP contribution in [0.3, 0.4) is 0 Å². The van der Waals surface area contributed by atoms with Crippen LogP contribution < -0.4 is 10.9 Å². The predicted octanol–water partition coefficient (Wildman–Crippen LogP) is 2.53. The first-order valence-corrected chi connectivity index (χ1v) is 12.7. The molecule has 2 aromatic heterocycles. The smallest absolute Gasteiger partial charge is 0.271 e. The van der Waals surface area contributed by atoms with Crippen molar-refractivity contribution in [2.24, 2.45) is 5.92 Å². The number of nitrogens with one attached hydrogen (secondary N) is 2. The largest absolute Gasteiger partial charge is 0.394 e. The molecule has 4 N–H and O–H groups in total. The number of aliphatic hydroxyl groups excluding tert-OH is 2. The van der Waals surface area contributed by atoms with E-state index in [2.05, 4.69) is 15.5 Å². The molecule has 9 nitrogen and oxygen atoms in total. The fourth-order valence-corrected chi connectivity index (χ4v) is 6.52. The number of rotatable bonds is 8. The van der Waals surface area contributed by atoms with Crippen molar-refractivity contribution in [2.75, 3.05) is 24.2 Å². The molecular weight excluding hydrogens is 446 g/mol. The van der Waals surface area contributed by atoms with Crippen LogP contribution in [0, 0.1) is 19.8 Å². The lowest BCUT2D eigenvalue weighted by Gasteiger charge is -2.16. The minimum Gasteiger partial charge on any atom is -0.394 e. The highest BCUT2D eigenvalue weighted by Crippen LogP contribution is 2.35. The number of pyridine rings is 1. The lowest BCUT2D eigenvalue weighted by Crippen LogP contribution is -2.26. The minimum atomic E-state index is -3.67. The molecule has 2 heterocycles. The molecular formula is C23H29N3O6S. The number of nitrogens with zero attached hydrogens (tertiary/aromatic N) is 1. The summed E-state index contributed by atoms with van der Waals surface area (Å²) in [4.78, 5) is 15.6. The number of fused-ring (bicyclic) bond motifs is 1. The van der Waals surface area contributed by atoms with Crippen molar-refractivity contribution < 1.29 is 23.2 Å². The highest BCUT2D eigenvalue weighted by molar-refractivity contribution is 7.91. The Labute approximate surface area is 191 Å². The van der Waals surface area contributed by atoms with E-state index < -0.39 is 28.1 Å². The van der Waals surface area contributed by atoms with E-state index in [0.717, 1.165) is 25.7 Å². The number of anilines is 1. The predicted molar refractivity (Wildman–Crippen MR) is 125 cm³/mol. The van der Waals surface area contributed by atoms with Gasteiger partial charge in [0.05, 0.1) is 34.6 Å². The number of aromatic amines is 1. The van der Waals surface area contributed by atoms with Crippen LogP contribution in [0.25, 0.3) is 22.0 Å². The van der Waals surface area contributed by atoms with Crippen molar-refractivity contribution in [1.29, 1.82) is 0 Å². The number of H-pyrrole nitrogens is 1. The summed E-state index contributed by atoms with van der Waals surface area (Å²) < 4.78 is 32.4. The Bertz CT molecular complexity index is 1300. The summed E-state index contributed by atoms with van der Waals surface area (Å²) in [6.45, 7) is 3.03. The standard InChI is InChI=1S/C23H29N3O6S/c1-13-22(14(2)32-26-13)16-7-19-18(9-20(23(29)25-19)24-10-17(28)11-27)21(8-16)33(30,31)12-15-5-3-4-6-15/h7-9,15,17,24,27-28H,3-6,10-12H2,1-2H3,(H,25,29). The zero-order valence-corrected chi connectivity index (χ0v) is 19.5. The molecule has 0 bridgehead atoms. The maximum atomic E-state index is 13.6. The van der Waals surface area contributed by atoms with Gasteiger partial charge in [0.1, 0.15) is 11.4 Å². The molecule has 1 fully saturated rings. The van der Waals surface area contributed by atoms with Gasteiger partial charge in [0, 0.05) is 17.5 Å². The molecule has 0 aliphatic heterocycles. The monoisotopic (exact) mass is 475 g/mol. The van der Waals surface area contributed by atoms with E-state index >= 15 is 0 Å². The average molecular weight is 476 g/mol. The van der Waals surface area contributed by atoms with Crippen LogP contribution in [0.15, 0.2) is 32.4 Å². The number of aliphatic hydroxyl groups is 2. The second-order valence-electron chi connectivity index (χ2n) is 8.80. The van der Waals surface area contributed by atoms with Gasteiger partial charge in [-0.1, -0.05) is 18.0 Å². The molecule has 3 aromatic rings. The first kappa shape index (κ1) is 23.5. The Balaban J connectivity index is 1.89. The number of benzene rings is 1. The molecule has 1 atom stereocenters. The van der Waals surface area contributed by atoms with Crippen molar-refractivity contribution in [3.63, 3.8) is 0 Å². The quantitative estimate of drug-likeness (QED) is 0.389. The highest BCUT2D eigenvalue weighted by atomic mass is 32.2. The number of hydrogen-bond acceptors (Lipinski definition) is 8. The van der Waals surface area contributed by atoms with Crippen LogP contribution in [0.1, 0.15) is 37.1 Å². The van der Waals surface area contributed by atoms with Gasteiger partial charge in [-0.05, 0) is 56.4 Å². The maximum absolute atomic E-state index is 13.6. The van der Waals surface area contributed by atoms with Crippen LogP contribution in [-0.2, 0) is 9.84 Å². The maximum Gasteiger partial charge on any atom is 0.271 e. The number of aryl methyl sites for hydroxylation is 2. The summed E-state index contributed by atoms with van der Waals surface area (Å²) in [5.41, 5.74) is 1.99. The average Bonchev–Trinajstić information content (AvgIpc) is 3.39. The molecule has 10 heteroatoms. The summed E-state index contributed by atoms with van der Waals surface area (Å²) in [6.07, 6.45) is 2.81. The van der Waals surface area contributed by atoms with Crippen molar-refractivity contribution in [3.05, 3.63) is 40.0 Å². The van der Waals surface area contributed by atoms with Crippen LogP contribution in [-0.4, -0.2) is 53.8 Å². The second kappa shape index (κ2) is 9.28. The summed E-state index contributed by atoms with van der Waals surface area (Å²) in [5, 5.41) is 25.8. The van der Waals surface area contributed by atoms with E-state index in [1.54, 1.807) is 26.0 Å². The SMILES string of the molecule is Cc1noc(C)c1-c1cc(S(=O)(=O)CC2CCCC2)c2cc(NCC(O)CO)c(=O)[nH]c2c1. The van der Waals surface area contributed by atoms with Gasteiger partial charge in [-0.25, -0.2) is 8.42 Å². The molecule has 1 aliphatic rings. The molecule has 1 aliphatic carbocycles. The highest BCUT2D eigenvalue weighted by Gasteiger charge is 2.27. The number of aromatic nitrogens is 2. The van der Waals surface area contributed by atoms with E-state index in [1.165, 1.54) is 6.07 Å². The molecule has 0 saturated heterocycles. The molecule has 1 unspecified atom stereocenters. The van der Waals surface area contributed by atoms with Gasteiger partial charge in [-0.2, -0.15) is 0 Å². The van der Waals surface area contributed by atoms with Gasteiger partial charge in [-0.15, -0.1) is 0 Å². The summed E-state index contributed by atoms with van der Waals surface area (Å²) >= 11 is 0. The van der Waals surface area contributed by atoms with Crippen molar-refractivity contribution in [2.45, 2.75) is 50.5 Å². The van der Waals surface area contributed by atoms with Crippen molar-refractivity contribution >= 4 is 26.4 Å². The van der Waals surface area contributed by atoms with Crippen molar-refractivity contribution in [1.82, 2.24) is 10.1 Å². The Morgan fingerprint density at radius 1 is 1.24 bits per heavy atom. The lowest BCUT2D eigenvalue weighted by molar-refractivity contribution is 0.105. The van der Waals surface area contributed by atoms with Gasteiger partial charge >= 0.3 is 0 Å². The van der Waals surface area contributed by atoms with Crippen LogP contribution in [0.5, 0.6) is 0 Å². The third-order valence-corrected chi connectivity index (χ3v) is 8.17. The van der Waals surface area contributed by atoms with Gasteiger partial charge in [0.15, 0.2) is 9.84 Å². The van der Waals surface area contributed by atoms with Gasteiger partial charge in [0.25, 0.3) is 5.56 Å². The first-order chi connectivity index (χ1) is 15.7. The Morgan fingerprint density at radius 2 is 1.97 bits per heavy atom. The normalized spacial score (nSPS) is 15.9. The zero-order valence-electron chi connectivity index (χ0n) is 18.7. The fraction of sp³-hybridized carbons (Fsp3) is 0.478. The molecule has 0 amide bonds. The summed E-state index contributed by atoms with van der Waals surface area (Å²) in [5.74, 6) is 0.732. The second-order valence-corrected chi connectivity index (χ2v) is 10.8. The first-order valence-electron chi connectivity index (χ1n) is 11.1. The molecule has 178 valence electrons. The van der Waals surface area contributed by atoms with Gasteiger partial charge in [-0.3, -0.25) is 4.79 Å². The van der Waals surface area contributed by atoms with Gasteiger partial charge < -0.3 is 25.0 Å². The van der Waals surface area contributed by atoms with Crippen LogP contribution in [0.2, 0.25) is 0 Å².